The number of anilines is 1. The number of nitrogens with one attached hydrogen (secondary N) is 1. The van der Waals surface area contributed by atoms with Crippen molar-refractivity contribution in [2.45, 2.75) is 38.4 Å². The largest absolute Gasteiger partial charge is 0.493 e. The van der Waals surface area contributed by atoms with Gasteiger partial charge in [0.2, 0.25) is 5.91 Å². The molecule has 2 aromatic rings. The molecule has 1 aliphatic heterocycles. The molecule has 2 aromatic carbocycles. The molecule has 1 N–H and O–H groups in total. The maximum atomic E-state index is 12.7. The number of nitrogens with zero attached hydrogens (tertiary/aromatic N) is 2. The van der Waals surface area contributed by atoms with Gasteiger partial charge in [0, 0.05) is 24.2 Å². The van der Waals surface area contributed by atoms with Crippen molar-refractivity contribution in [1.29, 1.82) is 0 Å². The quantitative estimate of drug-likeness (QED) is 0.579. The van der Waals surface area contributed by atoms with Crippen molar-refractivity contribution in [3.8, 4) is 11.5 Å². The predicted octanol–water partition coefficient (Wildman–Crippen LogP) is 4.95. The molecule has 0 spiro atoms. The molecule has 3 rings (SSSR count). The fourth-order valence-corrected chi connectivity index (χ4v) is 4.33. The highest BCUT2D eigenvalue weighted by Crippen LogP contribution is 2.33. The second-order valence-electron chi connectivity index (χ2n) is 7.31. The molecule has 0 radical (unpaired) electrons. The topological polar surface area (TPSA) is 80.2 Å². The monoisotopic (exact) mass is 455 g/mol. The Morgan fingerprint density at radius 2 is 1.81 bits per heavy atom. The number of carbonyl (C=O) groups excluding carboxylic acids is 2. The molecule has 0 fully saturated rings. The van der Waals surface area contributed by atoms with Gasteiger partial charge in [-0.2, -0.15) is 5.10 Å². The van der Waals surface area contributed by atoms with Crippen molar-refractivity contribution in [3.05, 3.63) is 53.6 Å². The summed E-state index contributed by atoms with van der Waals surface area (Å²) in [7, 11) is 3.20. The van der Waals surface area contributed by atoms with Crippen molar-refractivity contribution >= 4 is 34.3 Å². The third-order valence-corrected chi connectivity index (χ3v) is 6.46. The Morgan fingerprint density at radius 1 is 1.09 bits per heavy atom. The van der Waals surface area contributed by atoms with E-state index in [1.807, 2.05) is 49.4 Å². The van der Waals surface area contributed by atoms with Crippen molar-refractivity contribution in [2.24, 2.45) is 5.10 Å². The van der Waals surface area contributed by atoms with Gasteiger partial charge in [0.05, 0.1) is 25.2 Å². The lowest BCUT2D eigenvalue weighted by Gasteiger charge is -2.28. The zero-order valence-electron chi connectivity index (χ0n) is 18.9. The molecule has 2 amide bonds. The van der Waals surface area contributed by atoms with Crippen molar-refractivity contribution in [1.82, 2.24) is 5.01 Å². The summed E-state index contributed by atoms with van der Waals surface area (Å²) in [6.45, 7) is 4.34. The van der Waals surface area contributed by atoms with E-state index in [0.717, 1.165) is 28.9 Å². The highest BCUT2D eigenvalue weighted by molar-refractivity contribution is 8.14. The van der Waals surface area contributed by atoms with E-state index in [0.29, 0.717) is 30.9 Å². The fraction of sp³-hybridized carbons (Fsp3) is 0.375. The molecule has 0 saturated heterocycles. The van der Waals surface area contributed by atoms with Crippen LogP contribution in [-0.2, 0) is 11.2 Å². The van der Waals surface area contributed by atoms with Crippen LogP contribution in [0.2, 0.25) is 0 Å². The van der Waals surface area contributed by atoms with Gasteiger partial charge >= 0.3 is 5.24 Å². The fourth-order valence-electron chi connectivity index (χ4n) is 3.37. The van der Waals surface area contributed by atoms with E-state index < -0.39 is 0 Å². The van der Waals surface area contributed by atoms with E-state index in [-0.39, 0.29) is 16.4 Å². The maximum Gasteiger partial charge on any atom is 0.302 e. The molecule has 1 aliphatic rings. The lowest BCUT2D eigenvalue weighted by atomic mass is 10.0. The molecule has 170 valence electrons. The number of benzene rings is 2. The zero-order chi connectivity index (χ0) is 23.1. The van der Waals surface area contributed by atoms with Crippen molar-refractivity contribution in [2.75, 3.05) is 26.1 Å². The van der Waals surface area contributed by atoms with Gasteiger partial charge in [-0.1, -0.05) is 37.7 Å². The number of hydrazone groups is 1. The van der Waals surface area contributed by atoms with Crippen molar-refractivity contribution < 1.29 is 19.1 Å². The second-order valence-corrected chi connectivity index (χ2v) is 8.46. The van der Waals surface area contributed by atoms with Gasteiger partial charge in [0.15, 0.2) is 11.5 Å². The van der Waals surface area contributed by atoms with Gasteiger partial charge in [-0.25, -0.2) is 5.01 Å². The zero-order valence-corrected chi connectivity index (χ0v) is 19.7. The van der Waals surface area contributed by atoms with Crippen molar-refractivity contribution in [3.63, 3.8) is 0 Å². The number of rotatable bonds is 9. The Kier molecular flexibility index (Phi) is 8.16. The van der Waals surface area contributed by atoms with Crippen LogP contribution in [0.25, 0.3) is 0 Å². The van der Waals surface area contributed by atoms with Crippen LogP contribution >= 0.6 is 11.8 Å². The smallest absolute Gasteiger partial charge is 0.302 e. The summed E-state index contributed by atoms with van der Waals surface area (Å²) in [5, 5.41) is 9.04. The minimum atomic E-state index is -0.0482. The lowest BCUT2D eigenvalue weighted by molar-refractivity contribution is -0.115. The average Bonchev–Trinajstić information content (AvgIpc) is 2.83. The highest BCUT2D eigenvalue weighted by Gasteiger charge is 2.30. The van der Waals surface area contributed by atoms with E-state index in [2.05, 4.69) is 12.2 Å². The van der Waals surface area contributed by atoms with E-state index in [1.165, 1.54) is 16.8 Å². The standard InChI is InChI=1S/C24H29N3O4S/c1-5-21-23(17-9-12-19(30-3)20(15-17)31-4)26-27(24(29)32-21)14-13-16-7-10-18(11-8-16)25-22(28)6-2/h7-12,15,21H,5-6,13-14H2,1-4H3,(H,25,28). The molecule has 1 atom stereocenters. The van der Waals surface area contributed by atoms with E-state index in [9.17, 15) is 9.59 Å². The van der Waals surface area contributed by atoms with Gasteiger partial charge in [-0.3, -0.25) is 9.59 Å². The van der Waals surface area contributed by atoms with Gasteiger partial charge < -0.3 is 14.8 Å². The molecule has 1 unspecified atom stereocenters. The Morgan fingerprint density at radius 3 is 2.44 bits per heavy atom. The van der Waals surface area contributed by atoms with E-state index >= 15 is 0 Å². The minimum Gasteiger partial charge on any atom is -0.493 e. The lowest BCUT2D eigenvalue weighted by Crippen LogP contribution is -2.36. The molecular formula is C24H29N3O4S. The first kappa shape index (κ1) is 23.7. The Labute approximate surface area is 193 Å². The molecule has 7 nitrogen and oxygen atoms in total. The summed E-state index contributed by atoms with van der Waals surface area (Å²) in [5.41, 5.74) is 3.61. The summed E-state index contributed by atoms with van der Waals surface area (Å²) in [5.74, 6) is 1.27. The van der Waals surface area contributed by atoms with Crippen LogP contribution in [0.4, 0.5) is 10.5 Å². The Balaban J connectivity index is 1.76. The molecule has 0 aliphatic carbocycles. The number of hydrogen-bond donors (Lipinski definition) is 1. The summed E-state index contributed by atoms with van der Waals surface area (Å²) >= 11 is 1.30. The van der Waals surface area contributed by atoms with E-state index in [1.54, 1.807) is 14.2 Å². The van der Waals surface area contributed by atoms with Crippen LogP contribution in [0.15, 0.2) is 47.6 Å². The third kappa shape index (κ3) is 5.62. The number of amides is 2. The molecule has 8 heteroatoms. The van der Waals surface area contributed by atoms with E-state index in [4.69, 9.17) is 14.6 Å². The third-order valence-electron chi connectivity index (χ3n) is 5.21. The number of thioether (sulfide) groups is 1. The number of hydrogen-bond acceptors (Lipinski definition) is 6. The highest BCUT2D eigenvalue weighted by atomic mass is 32.2. The molecule has 0 saturated carbocycles. The van der Waals surface area contributed by atoms with Gasteiger partial charge in [-0.15, -0.1) is 0 Å². The second kappa shape index (κ2) is 11.0. The molecule has 0 bridgehead atoms. The van der Waals surface area contributed by atoms with Crippen LogP contribution in [0, 0.1) is 0 Å². The van der Waals surface area contributed by atoms with Gasteiger partial charge in [0.1, 0.15) is 0 Å². The number of methoxy groups -OCH3 is 2. The predicted molar refractivity (Wildman–Crippen MR) is 129 cm³/mol. The van der Waals surface area contributed by atoms with Gasteiger partial charge in [0.25, 0.3) is 0 Å². The first-order chi connectivity index (χ1) is 15.5. The first-order valence-electron chi connectivity index (χ1n) is 10.7. The molecule has 0 aromatic heterocycles. The SMILES string of the molecule is CCC(=O)Nc1ccc(CCN2N=C(c3ccc(OC)c(OC)c3)C(CC)SC2=O)cc1. The first-order valence-corrected chi connectivity index (χ1v) is 11.5. The molecule has 32 heavy (non-hydrogen) atoms. The van der Waals surface area contributed by atoms with Crippen LogP contribution in [0.1, 0.15) is 37.8 Å². The average molecular weight is 456 g/mol. The summed E-state index contributed by atoms with van der Waals surface area (Å²) in [4.78, 5) is 24.2. The van der Waals surface area contributed by atoms with Crippen LogP contribution < -0.4 is 14.8 Å². The number of carbonyl (C=O) groups is 2. The summed E-state index contributed by atoms with van der Waals surface area (Å²) < 4.78 is 10.8. The summed E-state index contributed by atoms with van der Waals surface area (Å²) in [6.07, 6.45) is 1.89. The van der Waals surface area contributed by atoms with Crippen LogP contribution in [0.5, 0.6) is 11.5 Å². The molecule has 1 heterocycles. The van der Waals surface area contributed by atoms with Crippen LogP contribution in [-0.4, -0.2) is 47.9 Å². The Hall–Kier alpha value is -3.00. The Bertz CT molecular complexity index is 991. The normalized spacial score (nSPS) is 15.9. The van der Waals surface area contributed by atoms with Crippen LogP contribution in [0.3, 0.4) is 0 Å². The number of ether oxygens (including phenoxy) is 2. The minimum absolute atomic E-state index is 0.0155. The maximum absolute atomic E-state index is 12.7. The van der Waals surface area contributed by atoms with Gasteiger partial charge in [-0.05, 0) is 48.7 Å². The summed E-state index contributed by atoms with van der Waals surface area (Å²) in [6, 6.07) is 13.4. The molecular weight excluding hydrogens is 426 g/mol.